The van der Waals surface area contributed by atoms with Crippen molar-refractivity contribution in [3.8, 4) is 5.75 Å². The molecule has 1 aromatic rings. The first kappa shape index (κ1) is 12.5. The molecule has 0 radical (unpaired) electrons. The molecule has 0 fully saturated rings. The second-order valence-electron chi connectivity index (χ2n) is 3.78. The first-order chi connectivity index (χ1) is 7.54. The maximum absolute atomic E-state index is 13.2. The van der Waals surface area contributed by atoms with E-state index in [1.807, 2.05) is 13.8 Å². The Morgan fingerprint density at radius 3 is 2.81 bits per heavy atom. The number of carbonyl (C=O) groups excluding carboxylic acids is 1. The highest BCUT2D eigenvalue weighted by Crippen LogP contribution is 2.16. The van der Waals surface area contributed by atoms with Crippen molar-refractivity contribution < 1.29 is 19.0 Å². The molecule has 3 nitrogen and oxygen atoms in total. The van der Waals surface area contributed by atoms with Gasteiger partial charge in [0.1, 0.15) is 11.6 Å². The average molecular weight is 226 g/mol. The molecule has 0 heterocycles. The van der Waals surface area contributed by atoms with Crippen LogP contribution in [0.3, 0.4) is 0 Å². The van der Waals surface area contributed by atoms with Crippen LogP contribution in [0.4, 0.5) is 4.39 Å². The van der Waals surface area contributed by atoms with E-state index in [4.69, 9.17) is 9.84 Å². The van der Waals surface area contributed by atoms with E-state index < -0.39 is 11.8 Å². The van der Waals surface area contributed by atoms with Crippen LogP contribution in [0, 0.1) is 11.7 Å². The highest BCUT2D eigenvalue weighted by molar-refractivity contribution is 5.89. The van der Waals surface area contributed by atoms with Crippen molar-refractivity contribution in [3.05, 3.63) is 29.6 Å². The molecule has 0 unspecified atom stereocenters. The van der Waals surface area contributed by atoms with Gasteiger partial charge in [-0.25, -0.2) is 9.18 Å². The van der Waals surface area contributed by atoms with E-state index in [9.17, 15) is 9.18 Å². The van der Waals surface area contributed by atoms with Crippen molar-refractivity contribution in [2.24, 2.45) is 5.92 Å². The van der Waals surface area contributed by atoms with Crippen LogP contribution in [0.2, 0.25) is 0 Å². The molecule has 1 atom stereocenters. The van der Waals surface area contributed by atoms with Crippen LogP contribution < -0.4 is 0 Å². The minimum Gasteiger partial charge on any atom is -0.508 e. The van der Waals surface area contributed by atoms with Crippen LogP contribution in [0.25, 0.3) is 0 Å². The van der Waals surface area contributed by atoms with E-state index in [1.165, 1.54) is 12.1 Å². The largest absolute Gasteiger partial charge is 0.508 e. The van der Waals surface area contributed by atoms with Crippen LogP contribution in [0.1, 0.15) is 30.6 Å². The quantitative estimate of drug-likeness (QED) is 0.803. The zero-order valence-corrected chi connectivity index (χ0v) is 9.37. The van der Waals surface area contributed by atoms with Gasteiger partial charge in [-0.1, -0.05) is 20.3 Å². The Hall–Kier alpha value is -1.58. The summed E-state index contributed by atoms with van der Waals surface area (Å²) in [5, 5.41) is 8.98. The molecule has 0 aromatic heterocycles. The molecule has 0 amide bonds. The predicted octanol–water partition coefficient (Wildman–Crippen LogP) is 2.73. The molecule has 1 aromatic carbocycles. The van der Waals surface area contributed by atoms with Gasteiger partial charge in [0, 0.05) is 6.07 Å². The summed E-state index contributed by atoms with van der Waals surface area (Å²) in [4.78, 5) is 11.5. The second-order valence-corrected chi connectivity index (χ2v) is 3.78. The van der Waals surface area contributed by atoms with Gasteiger partial charge in [0.15, 0.2) is 0 Å². The molecule has 88 valence electrons. The lowest BCUT2D eigenvalue weighted by Crippen LogP contribution is -2.12. The molecule has 0 spiro atoms. The van der Waals surface area contributed by atoms with Crippen molar-refractivity contribution in [1.82, 2.24) is 0 Å². The van der Waals surface area contributed by atoms with E-state index in [-0.39, 0.29) is 23.8 Å². The highest BCUT2D eigenvalue weighted by Gasteiger charge is 2.14. The number of halogens is 1. The normalized spacial score (nSPS) is 12.2. The Balaban J connectivity index is 2.66. The molecule has 1 rings (SSSR count). The third kappa shape index (κ3) is 3.22. The number of benzene rings is 1. The Morgan fingerprint density at radius 2 is 2.25 bits per heavy atom. The number of rotatable bonds is 4. The van der Waals surface area contributed by atoms with Crippen molar-refractivity contribution in [1.29, 1.82) is 0 Å². The third-order valence-electron chi connectivity index (χ3n) is 2.37. The first-order valence-corrected chi connectivity index (χ1v) is 5.20. The van der Waals surface area contributed by atoms with Gasteiger partial charge in [0.2, 0.25) is 0 Å². The van der Waals surface area contributed by atoms with Gasteiger partial charge in [-0.05, 0) is 18.1 Å². The van der Waals surface area contributed by atoms with E-state index in [0.717, 1.165) is 12.5 Å². The summed E-state index contributed by atoms with van der Waals surface area (Å²) in [7, 11) is 0. The summed E-state index contributed by atoms with van der Waals surface area (Å²) in [5.41, 5.74) is -0.152. The van der Waals surface area contributed by atoms with E-state index in [1.54, 1.807) is 0 Å². The Kier molecular flexibility index (Phi) is 4.28. The van der Waals surface area contributed by atoms with Gasteiger partial charge in [0.25, 0.3) is 0 Å². The van der Waals surface area contributed by atoms with E-state index in [2.05, 4.69) is 0 Å². The van der Waals surface area contributed by atoms with Crippen LogP contribution in [-0.4, -0.2) is 17.7 Å². The van der Waals surface area contributed by atoms with Crippen molar-refractivity contribution in [2.45, 2.75) is 20.3 Å². The fraction of sp³-hybridized carbons (Fsp3) is 0.417. The van der Waals surface area contributed by atoms with Gasteiger partial charge >= 0.3 is 5.97 Å². The SMILES string of the molecule is CC[C@H](C)COC(=O)c1ccc(O)cc1F. The zero-order valence-electron chi connectivity index (χ0n) is 9.37. The molecule has 0 saturated carbocycles. The van der Waals surface area contributed by atoms with Crippen LogP contribution >= 0.6 is 0 Å². The lowest BCUT2D eigenvalue weighted by molar-refractivity contribution is 0.0442. The average Bonchev–Trinajstić information content (AvgIpc) is 2.25. The van der Waals surface area contributed by atoms with Crippen LogP contribution in [-0.2, 0) is 4.74 Å². The van der Waals surface area contributed by atoms with Crippen molar-refractivity contribution in [3.63, 3.8) is 0 Å². The van der Waals surface area contributed by atoms with Crippen molar-refractivity contribution in [2.75, 3.05) is 6.61 Å². The maximum atomic E-state index is 13.2. The summed E-state index contributed by atoms with van der Waals surface area (Å²) in [6.45, 7) is 4.20. The number of hydrogen-bond donors (Lipinski definition) is 1. The van der Waals surface area contributed by atoms with Gasteiger partial charge < -0.3 is 9.84 Å². The molecule has 0 aliphatic rings. The predicted molar refractivity (Wildman–Crippen MR) is 57.8 cm³/mol. The molecule has 0 aliphatic carbocycles. The number of phenols is 1. The number of esters is 1. The zero-order chi connectivity index (χ0) is 12.1. The fourth-order valence-electron chi connectivity index (χ4n) is 1.08. The molecule has 0 saturated heterocycles. The van der Waals surface area contributed by atoms with Gasteiger partial charge in [-0.3, -0.25) is 0 Å². The third-order valence-corrected chi connectivity index (χ3v) is 2.37. The molecule has 4 heteroatoms. The number of carbonyl (C=O) groups is 1. The summed E-state index contributed by atoms with van der Waals surface area (Å²) in [6, 6.07) is 3.35. The molecular formula is C12H15FO3. The summed E-state index contributed by atoms with van der Waals surface area (Å²) < 4.78 is 18.2. The standard InChI is InChI=1S/C12H15FO3/c1-3-8(2)7-16-12(15)10-5-4-9(14)6-11(10)13/h4-6,8,14H,3,7H2,1-2H3/t8-/m0/s1. The van der Waals surface area contributed by atoms with Gasteiger partial charge in [-0.15, -0.1) is 0 Å². The number of phenolic OH excluding ortho intramolecular Hbond substituents is 1. The summed E-state index contributed by atoms with van der Waals surface area (Å²) >= 11 is 0. The van der Waals surface area contributed by atoms with Gasteiger partial charge in [0.05, 0.1) is 12.2 Å². The number of ether oxygens (including phenoxy) is 1. The minimum absolute atomic E-state index is 0.152. The van der Waals surface area contributed by atoms with Crippen LogP contribution in [0.5, 0.6) is 5.75 Å². The van der Waals surface area contributed by atoms with Crippen molar-refractivity contribution >= 4 is 5.97 Å². The molecule has 0 bridgehead atoms. The van der Waals surface area contributed by atoms with Gasteiger partial charge in [-0.2, -0.15) is 0 Å². The fourth-order valence-corrected chi connectivity index (χ4v) is 1.08. The second kappa shape index (κ2) is 5.49. The molecule has 1 N–H and O–H groups in total. The smallest absolute Gasteiger partial charge is 0.341 e. The Labute approximate surface area is 93.9 Å². The first-order valence-electron chi connectivity index (χ1n) is 5.20. The van der Waals surface area contributed by atoms with E-state index in [0.29, 0.717) is 0 Å². The Bertz CT molecular complexity index is 377. The summed E-state index contributed by atoms with van der Waals surface area (Å²) in [6.07, 6.45) is 0.894. The molecule has 0 aliphatic heterocycles. The van der Waals surface area contributed by atoms with E-state index >= 15 is 0 Å². The topological polar surface area (TPSA) is 46.5 Å². The Morgan fingerprint density at radius 1 is 1.56 bits per heavy atom. The lowest BCUT2D eigenvalue weighted by atomic mass is 10.1. The lowest BCUT2D eigenvalue weighted by Gasteiger charge is -2.09. The molecular weight excluding hydrogens is 211 g/mol. The monoisotopic (exact) mass is 226 g/mol. The minimum atomic E-state index is -0.769. The summed E-state index contributed by atoms with van der Waals surface area (Å²) in [5.74, 6) is -1.42. The number of aromatic hydroxyl groups is 1. The number of hydrogen-bond acceptors (Lipinski definition) is 3. The highest BCUT2D eigenvalue weighted by atomic mass is 19.1. The van der Waals surface area contributed by atoms with Crippen LogP contribution in [0.15, 0.2) is 18.2 Å². The maximum Gasteiger partial charge on any atom is 0.341 e. The molecule has 16 heavy (non-hydrogen) atoms.